The van der Waals surface area contributed by atoms with Gasteiger partial charge in [-0.3, -0.25) is 13.9 Å². The van der Waals surface area contributed by atoms with Gasteiger partial charge in [0.2, 0.25) is 21.8 Å². The van der Waals surface area contributed by atoms with Crippen molar-refractivity contribution >= 4 is 27.5 Å². The molecule has 2 rings (SSSR count). The summed E-state index contributed by atoms with van der Waals surface area (Å²) in [6.07, 6.45) is 1.49. The summed E-state index contributed by atoms with van der Waals surface area (Å²) in [6.45, 7) is 7.69. The summed E-state index contributed by atoms with van der Waals surface area (Å²) in [7, 11) is -0.453. The molecule has 0 saturated heterocycles. The van der Waals surface area contributed by atoms with Crippen molar-refractivity contribution < 1.29 is 27.5 Å². The quantitative estimate of drug-likeness (QED) is 0.447. The van der Waals surface area contributed by atoms with E-state index in [4.69, 9.17) is 9.47 Å². The van der Waals surface area contributed by atoms with Crippen LogP contribution in [0.15, 0.2) is 48.5 Å². The first-order chi connectivity index (χ1) is 17.2. The number of benzene rings is 2. The fourth-order valence-electron chi connectivity index (χ4n) is 3.74. The maximum atomic E-state index is 13.4. The molecule has 10 heteroatoms. The maximum absolute atomic E-state index is 13.4. The van der Waals surface area contributed by atoms with E-state index in [2.05, 4.69) is 5.32 Å². The van der Waals surface area contributed by atoms with Gasteiger partial charge in [-0.15, -0.1) is 0 Å². The summed E-state index contributed by atoms with van der Waals surface area (Å²) in [4.78, 5) is 27.8. The molecule has 37 heavy (non-hydrogen) atoms. The van der Waals surface area contributed by atoms with Gasteiger partial charge < -0.3 is 19.7 Å². The van der Waals surface area contributed by atoms with Gasteiger partial charge in [-0.05, 0) is 76.1 Å². The smallest absolute Gasteiger partial charge is 0.242 e. The highest BCUT2D eigenvalue weighted by Crippen LogP contribution is 2.22. The molecule has 204 valence electrons. The summed E-state index contributed by atoms with van der Waals surface area (Å²) in [5.74, 6) is 0.810. The first-order valence-corrected chi connectivity index (χ1v) is 14.0. The molecule has 0 fully saturated rings. The number of carbonyl (C=O) groups is 2. The van der Waals surface area contributed by atoms with Gasteiger partial charge >= 0.3 is 0 Å². The molecule has 2 aromatic carbocycles. The third-order valence-electron chi connectivity index (χ3n) is 5.69. The van der Waals surface area contributed by atoms with Crippen LogP contribution in [0, 0.1) is 0 Å². The van der Waals surface area contributed by atoms with Crippen LogP contribution in [-0.4, -0.2) is 63.7 Å². The minimum Gasteiger partial charge on any atom is -0.497 e. The molecular weight excluding hydrogens is 494 g/mol. The zero-order valence-electron chi connectivity index (χ0n) is 22.8. The van der Waals surface area contributed by atoms with E-state index in [1.54, 1.807) is 50.4 Å². The van der Waals surface area contributed by atoms with Crippen LogP contribution in [0.2, 0.25) is 0 Å². The number of methoxy groups -OCH3 is 2. The van der Waals surface area contributed by atoms with E-state index < -0.39 is 21.6 Å². The number of anilines is 1. The first kappa shape index (κ1) is 30.0. The van der Waals surface area contributed by atoms with Crippen LogP contribution in [0.3, 0.4) is 0 Å². The Morgan fingerprint density at radius 1 is 0.946 bits per heavy atom. The first-order valence-electron chi connectivity index (χ1n) is 12.1. The lowest BCUT2D eigenvalue weighted by atomic mass is 10.1. The molecule has 2 aromatic rings. The van der Waals surface area contributed by atoms with Gasteiger partial charge in [0, 0.05) is 25.0 Å². The van der Waals surface area contributed by atoms with Crippen molar-refractivity contribution in [2.45, 2.75) is 58.7 Å². The highest BCUT2D eigenvalue weighted by atomic mass is 32.2. The van der Waals surface area contributed by atoms with Crippen molar-refractivity contribution in [1.82, 2.24) is 10.2 Å². The van der Waals surface area contributed by atoms with Crippen LogP contribution < -0.4 is 19.1 Å². The molecule has 0 spiro atoms. The molecule has 0 heterocycles. The zero-order valence-corrected chi connectivity index (χ0v) is 23.6. The van der Waals surface area contributed by atoms with Crippen LogP contribution in [0.5, 0.6) is 11.5 Å². The van der Waals surface area contributed by atoms with Gasteiger partial charge in [-0.2, -0.15) is 0 Å². The molecule has 0 aliphatic carbocycles. The number of nitrogens with one attached hydrogen (secondary N) is 1. The van der Waals surface area contributed by atoms with E-state index in [-0.39, 0.29) is 37.7 Å². The highest BCUT2D eigenvalue weighted by Gasteiger charge is 2.28. The molecule has 0 radical (unpaired) electrons. The average molecular weight is 534 g/mol. The molecule has 0 aliphatic rings. The number of amides is 2. The third-order valence-corrected chi connectivity index (χ3v) is 6.88. The summed E-state index contributed by atoms with van der Waals surface area (Å²) in [5.41, 5.74) is 0.887. The fourth-order valence-corrected chi connectivity index (χ4v) is 4.70. The van der Waals surface area contributed by atoms with Crippen molar-refractivity contribution in [3.05, 3.63) is 54.1 Å². The summed E-state index contributed by atoms with van der Waals surface area (Å²) < 4.78 is 36.5. The van der Waals surface area contributed by atoms with Gasteiger partial charge in [0.1, 0.15) is 17.5 Å². The SMILES string of the molecule is COc1ccc(CN(C(=O)CCCN(c2ccc(OC)cc2)S(C)(=O)=O)[C@@H](C)C(=O)NC(C)(C)C)cc1. The summed E-state index contributed by atoms with van der Waals surface area (Å²) >= 11 is 0. The topological polar surface area (TPSA) is 105 Å². The van der Waals surface area contributed by atoms with Crippen molar-refractivity contribution in [3.8, 4) is 11.5 Å². The summed E-state index contributed by atoms with van der Waals surface area (Å²) in [6, 6.07) is 13.3. The molecule has 0 saturated carbocycles. The number of carbonyl (C=O) groups excluding carboxylic acids is 2. The largest absolute Gasteiger partial charge is 0.497 e. The Kier molecular flexibility index (Phi) is 10.4. The second-order valence-electron chi connectivity index (χ2n) is 9.92. The predicted molar refractivity (Wildman–Crippen MR) is 145 cm³/mol. The molecule has 1 atom stereocenters. The fraction of sp³-hybridized carbons (Fsp3) is 0.481. The van der Waals surface area contributed by atoms with E-state index in [0.717, 1.165) is 11.8 Å². The Labute approximate surface area is 220 Å². The van der Waals surface area contributed by atoms with Crippen molar-refractivity contribution in [2.75, 3.05) is 31.3 Å². The van der Waals surface area contributed by atoms with Crippen LogP contribution >= 0.6 is 0 Å². The monoisotopic (exact) mass is 533 g/mol. The lowest BCUT2D eigenvalue weighted by Gasteiger charge is -2.32. The molecule has 0 unspecified atom stereocenters. The van der Waals surface area contributed by atoms with Crippen LogP contribution in [0.25, 0.3) is 0 Å². The third kappa shape index (κ3) is 9.27. The maximum Gasteiger partial charge on any atom is 0.242 e. The number of hydrogen-bond donors (Lipinski definition) is 1. The average Bonchev–Trinajstić information content (AvgIpc) is 2.83. The minimum absolute atomic E-state index is 0.0749. The molecule has 9 nitrogen and oxygen atoms in total. The van der Waals surface area contributed by atoms with E-state index in [0.29, 0.717) is 17.2 Å². The molecule has 1 N–H and O–H groups in total. The van der Waals surface area contributed by atoms with E-state index in [1.165, 1.54) is 16.3 Å². The van der Waals surface area contributed by atoms with Gasteiger partial charge in [0.05, 0.1) is 26.2 Å². The Balaban J connectivity index is 2.18. The molecule has 0 aromatic heterocycles. The second-order valence-corrected chi connectivity index (χ2v) is 11.8. The Morgan fingerprint density at radius 2 is 1.46 bits per heavy atom. The Hall–Kier alpha value is -3.27. The molecular formula is C27H39N3O6S. The van der Waals surface area contributed by atoms with Crippen molar-refractivity contribution in [3.63, 3.8) is 0 Å². The van der Waals surface area contributed by atoms with Gasteiger partial charge in [0.15, 0.2) is 0 Å². The highest BCUT2D eigenvalue weighted by molar-refractivity contribution is 7.92. The lowest BCUT2D eigenvalue weighted by molar-refractivity contribution is -0.141. The van der Waals surface area contributed by atoms with Crippen molar-refractivity contribution in [2.24, 2.45) is 0 Å². The van der Waals surface area contributed by atoms with Gasteiger partial charge in [0.25, 0.3) is 0 Å². The van der Waals surface area contributed by atoms with E-state index in [9.17, 15) is 18.0 Å². The molecule has 0 bridgehead atoms. The predicted octanol–water partition coefficient (Wildman–Crippen LogP) is 3.58. The van der Waals surface area contributed by atoms with Crippen molar-refractivity contribution in [1.29, 1.82) is 0 Å². The minimum atomic E-state index is -3.57. The number of hydrogen-bond acceptors (Lipinski definition) is 6. The van der Waals surface area contributed by atoms with E-state index in [1.807, 2.05) is 32.9 Å². The van der Waals surface area contributed by atoms with Crippen LogP contribution in [0.1, 0.15) is 46.1 Å². The number of rotatable bonds is 12. The standard InChI is InChI=1S/C27H39N3O6S/c1-20(26(32)28-27(2,3)4)29(19-21-10-14-23(35-5)15-11-21)25(31)9-8-18-30(37(7,33)34)22-12-16-24(36-6)17-13-22/h10-17,20H,8-9,18-19H2,1-7H3,(H,28,32)/t20-/m0/s1. The van der Waals surface area contributed by atoms with Crippen LogP contribution in [-0.2, 0) is 26.2 Å². The van der Waals surface area contributed by atoms with Crippen LogP contribution in [0.4, 0.5) is 5.69 Å². The molecule has 0 aliphatic heterocycles. The number of sulfonamides is 1. The lowest BCUT2D eigenvalue weighted by Crippen LogP contribution is -2.52. The normalized spacial score (nSPS) is 12.4. The van der Waals surface area contributed by atoms with E-state index >= 15 is 0 Å². The second kappa shape index (κ2) is 12.8. The van der Waals surface area contributed by atoms with Gasteiger partial charge in [-0.1, -0.05) is 12.1 Å². The Bertz CT molecular complexity index is 1140. The molecule has 2 amide bonds. The van der Waals surface area contributed by atoms with Gasteiger partial charge in [-0.25, -0.2) is 8.42 Å². The summed E-state index contributed by atoms with van der Waals surface area (Å²) in [5, 5.41) is 2.93. The Morgan fingerprint density at radius 3 is 1.92 bits per heavy atom. The number of ether oxygens (including phenoxy) is 2. The number of nitrogens with zero attached hydrogens (tertiary/aromatic N) is 2. The zero-order chi connectivity index (χ0) is 27.8.